The van der Waals surface area contributed by atoms with Crippen LogP contribution in [0.2, 0.25) is 10.0 Å². The topological polar surface area (TPSA) is 65.4 Å². The van der Waals surface area contributed by atoms with Gasteiger partial charge in [0, 0.05) is 25.2 Å². The normalized spacial score (nSPS) is 10.0. The Balaban J connectivity index is 0.000000386. The summed E-state index contributed by atoms with van der Waals surface area (Å²) >= 11 is 12.5. The first kappa shape index (κ1) is 23.5. The zero-order chi connectivity index (χ0) is 21.9. The van der Waals surface area contributed by atoms with Crippen molar-refractivity contribution in [3.63, 3.8) is 0 Å². The van der Waals surface area contributed by atoms with Gasteiger partial charge in [-0.1, -0.05) is 48.0 Å². The number of aromatic nitrogens is 2. The quantitative estimate of drug-likeness (QED) is 0.266. The summed E-state index contributed by atoms with van der Waals surface area (Å²) in [6.07, 6.45) is 6.91. The van der Waals surface area contributed by atoms with Crippen LogP contribution in [-0.2, 0) is 9.47 Å². The van der Waals surface area contributed by atoms with E-state index in [1.807, 2.05) is 26.1 Å². The van der Waals surface area contributed by atoms with Gasteiger partial charge in [0.2, 0.25) is 0 Å². The molecule has 1 aromatic heterocycles. The van der Waals surface area contributed by atoms with Crippen molar-refractivity contribution in [1.29, 1.82) is 0 Å². The molecule has 0 aliphatic rings. The van der Waals surface area contributed by atoms with Gasteiger partial charge in [-0.25, -0.2) is 9.78 Å². The Morgan fingerprint density at radius 3 is 2.67 bits per heavy atom. The summed E-state index contributed by atoms with van der Waals surface area (Å²) in [6, 6.07) is 10.6. The number of ether oxygens (including phenoxy) is 2. The molecule has 1 N–H and O–H groups in total. The van der Waals surface area contributed by atoms with Crippen LogP contribution in [0.15, 0.2) is 61.7 Å². The van der Waals surface area contributed by atoms with E-state index in [1.54, 1.807) is 53.6 Å². The molecule has 0 bridgehead atoms. The third-order valence-electron chi connectivity index (χ3n) is 3.90. The first-order chi connectivity index (χ1) is 14.5. The molecule has 3 aromatic rings. The maximum Gasteiger partial charge on any atom is 0.342 e. The minimum absolute atomic E-state index is 0.0877. The summed E-state index contributed by atoms with van der Waals surface area (Å²) in [5, 5.41) is 4.10. The molecule has 0 saturated heterocycles. The van der Waals surface area contributed by atoms with Crippen molar-refractivity contribution in [2.24, 2.45) is 0 Å². The van der Waals surface area contributed by atoms with Crippen molar-refractivity contribution in [3.8, 4) is 0 Å². The van der Waals surface area contributed by atoms with E-state index in [2.05, 4.69) is 16.9 Å². The van der Waals surface area contributed by atoms with Crippen LogP contribution < -0.4 is 5.32 Å². The molecule has 0 fully saturated rings. The molecule has 3 rings (SSSR count). The van der Waals surface area contributed by atoms with Gasteiger partial charge in [0.15, 0.2) is 6.79 Å². The molecule has 0 unspecified atom stereocenters. The molecule has 0 amide bonds. The van der Waals surface area contributed by atoms with Crippen molar-refractivity contribution in [1.82, 2.24) is 9.55 Å². The van der Waals surface area contributed by atoms with Gasteiger partial charge in [-0.2, -0.15) is 0 Å². The highest BCUT2D eigenvalue weighted by Crippen LogP contribution is 2.36. The van der Waals surface area contributed by atoms with E-state index in [0.29, 0.717) is 33.6 Å². The van der Waals surface area contributed by atoms with Crippen LogP contribution >= 0.6 is 23.2 Å². The standard InChI is InChI=1S/C17H17Cl2NO3.C5H6N2/c1-3-22-10-23-17(21)12-6-4-5-7-14(12)20-16-13(18)9-8-11(2)15(16)19;1-2-7-4-3-6-5-7/h4-9,20H,3,10H2,1-2H3;2-5H,1H2. The number of anilines is 2. The molecule has 0 spiro atoms. The van der Waals surface area contributed by atoms with Gasteiger partial charge in [0.05, 0.1) is 33.3 Å². The van der Waals surface area contributed by atoms with Crippen molar-refractivity contribution in [3.05, 3.63) is 82.9 Å². The Kier molecular flexibility index (Phi) is 9.41. The Labute approximate surface area is 186 Å². The number of rotatable bonds is 7. The minimum Gasteiger partial charge on any atom is -0.435 e. The van der Waals surface area contributed by atoms with Crippen LogP contribution in [0.3, 0.4) is 0 Å². The second-order valence-electron chi connectivity index (χ2n) is 5.96. The fourth-order valence-electron chi connectivity index (χ4n) is 2.31. The number of nitrogens with zero attached hydrogens (tertiary/aromatic N) is 2. The average molecular weight is 448 g/mol. The highest BCUT2D eigenvalue weighted by molar-refractivity contribution is 6.39. The highest BCUT2D eigenvalue weighted by Gasteiger charge is 2.15. The SMILES string of the molecule is C=Cn1ccnc1.CCOCOC(=O)c1ccccc1Nc1c(Cl)ccc(C)c1Cl. The number of esters is 1. The number of halogens is 2. The molecule has 0 aliphatic carbocycles. The molecule has 0 atom stereocenters. The van der Waals surface area contributed by atoms with Crippen molar-refractivity contribution in [2.45, 2.75) is 13.8 Å². The second kappa shape index (κ2) is 12.0. The number of benzene rings is 2. The fourth-order valence-corrected chi connectivity index (χ4v) is 2.77. The Hall–Kier alpha value is -2.80. The molecule has 30 heavy (non-hydrogen) atoms. The van der Waals surface area contributed by atoms with Crippen molar-refractivity contribution in [2.75, 3.05) is 18.7 Å². The summed E-state index contributed by atoms with van der Waals surface area (Å²) in [5.41, 5.74) is 2.37. The zero-order valence-corrected chi connectivity index (χ0v) is 18.3. The number of hydrogen-bond donors (Lipinski definition) is 1. The first-order valence-electron chi connectivity index (χ1n) is 9.13. The zero-order valence-electron chi connectivity index (χ0n) is 16.8. The molecule has 8 heteroatoms. The van der Waals surface area contributed by atoms with Crippen molar-refractivity contribution >= 4 is 46.7 Å². The lowest BCUT2D eigenvalue weighted by Gasteiger charge is -2.15. The molecular weight excluding hydrogens is 425 g/mol. The van der Waals surface area contributed by atoms with E-state index in [1.165, 1.54) is 0 Å². The van der Waals surface area contributed by atoms with E-state index < -0.39 is 5.97 Å². The maximum absolute atomic E-state index is 12.2. The predicted octanol–water partition coefficient (Wildman–Crippen LogP) is 6.18. The third-order valence-corrected chi connectivity index (χ3v) is 4.71. The fraction of sp³-hybridized carbons (Fsp3) is 0.182. The van der Waals surface area contributed by atoms with E-state index in [9.17, 15) is 4.79 Å². The lowest BCUT2D eigenvalue weighted by atomic mass is 10.1. The van der Waals surface area contributed by atoms with Crippen LogP contribution in [0.1, 0.15) is 22.8 Å². The van der Waals surface area contributed by atoms with Crippen molar-refractivity contribution < 1.29 is 14.3 Å². The largest absolute Gasteiger partial charge is 0.435 e. The number of para-hydroxylation sites is 1. The first-order valence-corrected chi connectivity index (χ1v) is 9.89. The highest BCUT2D eigenvalue weighted by atomic mass is 35.5. The van der Waals surface area contributed by atoms with E-state index in [-0.39, 0.29) is 6.79 Å². The summed E-state index contributed by atoms with van der Waals surface area (Å²) in [4.78, 5) is 15.9. The van der Waals surface area contributed by atoms with Gasteiger partial charge in [0.25, 0.3) is 0 Å². The molecule has 0 saturated carbocycles. The molecule has 0 radical (unpaired) electrons. The van der Waals surface area contributed by atoms with Gasteiger partial charge < -0.3 is 19.4 Å². The summed E-state index contributed by atoms with van der Waals surface area (Å²) in [6.45, 7) is 7.62. The van der Waals surface area contributed by atoms with Gasteiger partial charge in [-0.15, -0.1) is 0 Å². The number of nitrogens with one attached hydrogen (secondary N) is 1. The number of carbonyl (C=O) groups excluding carboxylic acids is 1. The predicted molar refractivity (Wildman–Crippen MR) is 121 cm³/mol. The minimum atomic E-state index is -0.485. The molecule has 1 heterocycles. The van der Waals surface area contributed by atoms with Gasteiger partial charge in [-0.05, 0) is 37.6 Å². The Morgan fingerprint density at radius 1 is 1.27 bits per heavy atom. The van der Waals surface area contributed by atoms with Crippen LogP contribution in [0.5, 0.6) is 0 Å². The van der Waals surface area contributed by atoms with Crippen LogP contribution in [0.25, 0.3) is 6.20 Å². The molecule has 158 valence electrons. The maximum atomic E-state index is 12.2. The lowest BCUT2D eigenvalue weighted by molar-refractivity contribution is -0.0273. The molecule has 6 nitrogen and oxygen atoms in total. The second-order valence-corrected chi connectivity index (χ2v) is 6.74. The van der Waals surface area contributed by atoms with E-state index in [4.69, 9.17) is 32.7 Å². The van der Waals surface area contributed by atoms with Gasteiger partial charge >= 0.3 is 5.97 Å². The van der Waals surface area contributed by atoms with Crippen LogP contribution in [0, 0.1) is 6.92 Å². The number of aryl methyl sites for hydroxylation is 1. The Bertz CT molecular complexity index is 976. The third kappa shape index (κ3) is 6.62. The summed E-state index contributed by atoms with van der Waals surface area (Å²) in [7, 11) is 0. The van der Waals surface area contributed by atoms with E-state index >= 15 is 0 Å². The monoisotopic (exact) mass is 447 g/mol. The lowest BCUT2D eigenvalue weighted by Crippen LogP contribution is -2.11. The molecule has 0 aliphatic heterocycles. The summed E-state index contributed by atoms with van der Waals surface area (Å²) < 4.78 is 11.9. The average Bonchev–Trinajstić information content (AvgIpc) is 3.29. The van der Waals surface area contributed by atoms with Gasteiger partial charge in [-0.3, -0.25) is 0 Å². The number of imidazole rings is 1. The molecule has 2 aromatic carbocycles. The smallest absolute Gasteiger partial charge is 0.342 e. The number of carbonyl (C=O) groups is 1. The molecular formula is C22H23Cl2N3O3. The van der Waals surface area contributed by atoms with E-state index in [0.717, 1.165) is 5.56 Å². The Morgan fingerprint density at radius 2 is 2.03 bits per heavy atom. The van der Waals surface area contributed by atoms with Gasteiger partial charge in [0.1, 0.15) is 0 Å². The van der Waals surface area contributed by atoms with Crippen LogP contribution in [0.4, 0.5) is 11.4 Å². The summed E-state index contributed by atoms with van der Waals surface area (Å²) in [5.74, 6) is -0.485. The number of hydrogen-bond acceptors (Lipinski definition) is 5. The van der Waals surface area contributed by atoms with Crippen LogP contribution in [-0.4, -0.2) is 28.9 Å².